The number of carbonyl (C=O) groups is 1. The van der Waals surface area contributed by atoms with Crippen LogP contribution in [0.1, 0.15) is 96.8 Å². The third-order valence-corrected chi connectivity index (χ3v) is 3.64. The zero-order valence-corrected chi connectivity index (χ0v) is 15.5. The topological polar surface area (TPSA) is 40.1 Å². The van der Waals surface area contributed by atoms with Gasteiger partial charge in [0.15, 0.2) is 0 Å². The van der Waals surface area contributed by atoms with Gasteiger partial charge in [0, 0.05) is 5.97 Å². The summed E-state index contributed by atoms with van der Waals surface area (Å²) in [5, 5.41) is 10.2. The molecule has 0 amide bonds. The largest absolute Gasteiger partial charge is 1.00 e. The molecule has 3 heteroatoms. The van der Waals surface area contributed by atoms with Crippen LogP contribution in [-0.2, 0) is 4.79 Å². The van der Waals surface area contributed by atoms with Crippen LogP contribution >= 0.6 is 0 Å². The van der Waals surface area contributed by atoms with E-state index in [2.05, 4.69) is 19.1 Å². The van der Waals surface area contributed by atoms with E-state index in [1.54, 1.807) is 0 Å². The summed E-state index contributed by atoms with van der Waals surface area (Å²) in [4.78, 5) is 10.2. The van der Waals surface area contributed by atoms with Gasteiger partial charge in [0.05, 0.1) is 0 Å². The van der Waals surface area contributed by atoms with Gasteiger partial charge in [-0.05, 0) is 38.5 Å². The Bertz CT molecular complexity index is 239. The zero-order chi connectivity index (χ0) is 14.9. The van der Waals surface area contributed by atoms with Gasteiger partial charge in [0.25, 0.3) is 0 Å². The van der Waals surface area contributed by atoms with Gasteiger partial charge in [0.2, 0.25) is 0 Å². The van der Waals surface area contributed by atoms with Crippen molar-refractivity contribution in [1.82, 2.24) is 0 Å². The van der Waals surface area contributed by atoms with Crippen molar-refractivity contribution in [2.45, 2.75) is 96.8 Å². The fraction of sp³-hybridized carbons (Fsp3) is 0.833. The van der Waals surface area contributed by atoms with E-state index < -0.39 is 5.97 Å². The Morgan fingerprint density at radius 2 is 1.19 bits per heavy atom. The molecule has 0 aliphatic carbocycles. The second-order valence-corrected chi connectivity index (χ2v) is 5.71. The van der Waals surface area contributed by atoms with Crippen molar-refractivity contribution in [2.24, 2.45) is 0 Å². The van der Waals surface area contributed by atoms with E-state index in [4.69, 9.17) is 0 Å². The number of hydrogen-bond acceptors (Lipinski definition) is 2. The minimum atomic E-state index is -0.914. The van der Waals surface area contributed by atoms with E-state index in [1.807, 2.05) is 0 Å². The van der Waals surface area contributed by atoms with E-state index >= 15 is 0 Å². The molecule has 0 fully saturated rings. The number of aliphatic carboxylic acids is 1. The average Bonchev–Trinajstić information content (AvgIpc) is 2.43. The molecule has 0 aromatic heterocycles. The van der Waals surface area contributed by atoms with Crippen molar-refractivity contribution < 1.29 is 9.90 Å². The van der Waals surface area contributed by atoms with Crippen LogP contribution in [0.25, 0.3) is 0 Å². The third-order valence-electron chi connectivity index (χ3n) is 3.64. The van der Waals surface area contributed by atoms with Gasteiger partial charge in [-0.15, -0.1) is 0 Å². The normalized spacial score (nSPS) is 10.7. The monoisotopic (exact) mass is 305 g/mol. The van der Waals surface area contributed by atoms with Gasteiger partial charge >= 0.3 is 23.1 Å². The molecule has 1 radical (unpaired) electrons. The van der Waals surface area contributed by atoms with Gasteiger partial charge in [-0.1, -0.05) is 70.4 Å². The first-order valence-electron chi connectivity index (χ1n) is 8.62. The molecule has 0 rings (SSSR count). The summed E-state index contributed by atoms with van der Waals surface area (Å²) in [6.45, 7) is 2.26. The molecular formula is C18H33MgO2. The summed E-state index contributed by atoms with van der Waals surface area (Å²) in [6.07, 6.45) is 20.9. The molecule has 0 unspecified atom stereocenters. The van der Waals surface area contributed by atoms with E-state index in [9.17, 15) is 9.90 Å². The molecule has 0 atom stereocenters. The Hall–Kier alpha value is -0.0238. The zero-order valence-electron chi connectivity index (χ0n) is 14.1. The Kier molecular flexibility index (Phi) is 22.1. The number of rotatable bonds is 15. The molecule has 0 heterocycles. The van der Waals surface area contributed by atoms with Crippen molar-refractivity contribution in [1.29, 1.82) is 0 Å². The van der Waals surface area contributed by atoms with E-state index in [0.717, 1.165) is 19.3 Å². The summed E-state index contributed by atoms with van der Waals surface area (Å²) in [5.41, 5.74) is 0. The summed E-state index contributed by atoms with van der Waals surface area (Å²) in [7, 11) is 0. The number of carboxylic acids is 1. The van der Waals surface area contributed by atoms with Crippen LogP contribution in [0.2, 0.25) is 0 Å². The van der Waals surface area contributed by atoms with Crippen LogP contribution in [0.15, 0.2) is 12.2 Å². The Labute approximate surface area is 147 Å². The maximum atomic E-state index is 10.2. The SMILES string of the molecule is CCCCCCCC/C=C\CCCCCCCC(=O)[O-].[Mg+]. The van der Waals surface area contributed by atoms with Crippen LogP contribution in [-0.4, -0.2) is 29.0 Å². The van der Waals surface area contributed by atoms with E-state index in [-0.39, 0.29) is 29.5 Å². The Morgan fingerprint density at radius 3 is 1.67 bits per heavy atom. The van der Waals surface area contributed by atoms with Crippen molar-refractivity contribution >= 4 is 29.0 Å². The molecule has 119 valence electrons. The van der Waals surface area contributed by atoms with Crippen LogP contribution < -0.4 is 5.11 Å². The number of carboxylic acid groups (broad SMARTS) is 1. The van der Waals surface area contributed by atoms with Crippen molar-refractivity contribution in [3.05, 3.63) is 12.2 Å². The number of unbranched alkanes of at least 4 members (excludes halogenated alkanes) is 11. The number of allylic oxidation sites excluding steroid dienone is 2. The molecule has 0 spiro atoms. The van der Waals surface area contributed by atoms with Crippen molar-refractivity contribution in [2.75, 3.05) is 0 Å². The van der Waals surface area contributed by atoms with Gasteiger partial charge in [0.1, 0.15) is 0 Å². The molecule has 0 aromatic rings. The molecule has 21 heavy (non-hydrogen) atoms. The maximum absolute atomic E-state index is 10.2. The fourth-order valence-corrected chi connectivity index (χ4v) is 2.34. The van der Waals surface area contributed by atoms with Gasteiger partial charge in [-0.3, -0.25) is 0 Å². The summed E-state index contributed by atoms with van der Waals surface area (Å²) in [5.74, 6) is -0.914. The predicted molar refractivity (Wildman–Crippen MR) is 90.2 cm³/mol. The summed E-state index contributed by atoms with van der Waals surface area (Å²) in [6, 6.07) is 0. The summed E-state index contributed by atoms with van der Waals surface area (Å²) < 4.78 is 0. The van der Waals surface area contributed by atoms with Crippen LogP contribution in [0.4, 0.5) is 0 Å². The first-order chi connectivity index (χ1) is 9.77. The minimum Gasteiger partial charge on any atom is -0.550 e. The molecule has 0 saturated heterocycles. The molecule has 0 saturated carbocycles. The van der Waals surface area contributed by atoms with Gasteiger partial charge in [-0.25, -0.2) is 0 Å². The standard InChI is InChI=1S/C18H34O2.Mg/c1-2-3-4-5-6-7-8-9-10-11-12-13-14-15-16-17-18(19)20;/h9-10H,2-8,11-17H2,1H3,(H,19,20);/q;+1/p-1/b10-9-;. The molecule has 0 N–H and O–H groups in total. The van der Waals surface area contributed by atoms with E-state index in [0.29, 0.717) is 0 Å². The molecule has 0 aromatic carbocycles. The molecule has 0 bridgehead atoms. The van der Waals surface area contributed by atoms with E-state index in [1.165, 1.54) is 64.2 Å². The number of hydrogen-bond donors (Lipinski definition) is 0. The minimum absolute atomic E-state index is 0. The third kappa shape index (κ3) is 22.4. The summed E-state index contributed by atoms with van der Waals surface area (Å²) >= 11 is 0. The smallest absolute Gasteiger partial charge is 0.550 e. The average molecular weight is 306 g/mol. The Balaban J connectivity index is 0. The van der Waals surface area contributed by atoms with Gasteiger partial charge < -0.3 is 9.90 Å². The molecule has 0 aliphatic heterocycles. The fourth-order valence-electron chi connectivity index (χ4n) is 2.34. The van der Waals surface area contributed by atoms with Crippen LogP contribution in [0, 0.1) is 0 Å². The van der Waals surface area contributed by atoms with Crippen molar-refractivity contribution in [3.8, 4) is 0 Å². The first-order valence-corrected chi connectivity index (χ1v) is 8.62. The molecular weight excluding hydrogens is 273 g/mol. The van der Waals surface area contributed by atoms with Gasteiger partial charge in [-0.2, -0.15) is 0 Å². The molecule has 2 nitrogen and oxygen atoms in total. The predicted octanol–water partition coefficient (Wildman–Crippen LogP) is 4.39. The maximum Gasteiger partial charge on any atom is 1.00 e. The second-order valence-electron chi connectivity index (χ2n) is 5.71. The second kappa shape index (κ2) is 20.0. The molecule has 0 aliphatic rings. The van der Waals surface area contributed by atoms with Crippen LogP contribution in [0.5, 0.6) is 0 Å². The van der Waals surface area contributed by atoms with Crippen molar-refractivity contribution in [3.63, 3.8) is 0 Å². The quantitative estimate of drug-likeness (QED) is 0.256. The Morgan fingerprint density at radius 1 is 0.762 bits per heavy atom. The first kappa shape index (κ1) is 23.2. The van der Waals surface area contributed by atoms with Crippen LogP contribution in [0.3, 0.4) is 0 Å². The number of carbonyl (C=O) groups excluding carboxylic acids is 1.